The van der Waals surface area contributed by atoms with Crippen LogP contribution in [0.4, 0.5) is 13.2 Å². The number of hydrogen-bond acceptors (Lipinski definition) is 6. The smallest absolute Gasteiger partial charge is 0.366 e. The molecular formula is C18H14F3N7O. The largest absolute Gasteiger partial charge is 0.433 e. The topological polar surface area (TPSA) is 112 Å². The van der Waals surface area contributed by atoms with Gasteiger partial charge in [-0.05, 0) is 25.0 Å². The number of halogens is 3. The molecule has 3 aromatic rings. The summed E-state index contributed by atoms with van der Waals surface area (Å²) >= 11 is 0. The Balaban J connectivity index is 1.72. The maximum Gasteiger partial charge on any atom is 0.433 e. The zero-order valence-electron chi connectivity index (χ0n) is 14.8. The summed E-state index contributed by atoms with van der Waals surface area (Å²) in [4.78, 5) is 24.2. The minimum atomic E-state index is -4.57. The lowest BCUT2D eigenvalue weighted by molar-refractivity contribution is -0.141. The van der Waals surface area contributed by atoms with Gasteiger partial charge in [0.2, 0.25) is 0 Å². The van der Waals surface area contributed by atoms with Crippen molar-refractivity contribution in [3.05, 3.63) is 54.0 Å². The minimum absolute atomic E-state index is 0.0329. The Morgan fingerprint density at radius 1 is 1.17 bits per heavy atom. The molecule has 3 heterocycles. The van der Waals surface area contributed by atoms with Crippen molar-refractivity contribution in [3.63, 3.8) is 0 Å². The van der Waals surface area contributed by atoms with E-state index < -0.39 is 17.8 Å². The van der Waals surface area contributed by atoms with Crippen molar-refractivity contribution >= 4 is 17.7 Å². The number of nitrogens with two attached hydrogens (primary N) is 1. The van der Waals surface area contributed by atoms with Gasteiger partial charge in [0.05, 0.1) is 18.0 Å². The third-order valence-electron chi connectivity index (χ3n) is 4.32. The average molecular weight is 401 g/mol. The number of carbonyl (C=O) groups is 1. The van der Waals surface area contributed by atoms with E-state index in [0.717, 1.165) is 23.7 Å². The van der Waals surface area contributed by atoms with Gasteiger partial charge in [-0.25, -0.2) is 15.0 Å². The molecule has 0 radical (unpaired) electrons. The first-order valence-electron chi connectivity index (χ1n) is 8.59. The quantitative estimate of drug-likeness (QED) is 0.658. The van der Waals surface area contributed by atoms with Gasteiger partial charge in [0.25, 0.3) is 5.91 Å². The maximum absolute atomic E-state index is 13.2. The van der Waals surface area contributed by atoms with E-state index in [1.54, 1.807) is 6.07 Å². The van der Waals surface area contributed by atoms with Gasteiger partial charge in [0.1, 0.15) is 17.7 Å². The summed E-state index contributed by atoms with van der Waals surface area (Å²) < 4.78 is 39.7. The van der Waals surface area contributed by atoms with Gasteiger partial charge < -0.3 is 5.73 Å². The molecular weight excluding hydrogens is 387 g/mol. The van der Waals surface area contributed by atoms with Crippen LogP contribution in [0.1, 0.15) is 35.7 Å². The minimum Gasteiger partial charge on any atom is -0.366 e. The Labute approximate surface area is 162 Å². The monoisotopic (exact) mass is 401 g/mol. The van der Waals surface area contributed by atoms with Crippen molar-refractivity contribution in [2.45, 2.75) is 24.9 Å². The van der Waals surface area contributed by atoms with Crippen LogP contribution in [0.25, 0.3) is 23.0 Å². The summed E-state index contributed by atoms with van der Waals surface area (Å²) in [5, 5.41) is 8.16. The molecule has 1 aliphatic rings. The van der Waals surface area contributed by atoms with Crippen LogP contribution in [0.3, 0.4) is 0 Å². The summed E-state index contributed by atoms with van der Waals surface area (Å²) in [6.45, 7) is 0. The van der Waals surface area contributed by atoms with E-state index in [2.05, 4.69) is 25.1 Å². The van der Waals surface area contributed by atoms with Gasteiger partial charge in [-0.15, -0.1) is 5.10 Å². The van der Waals surface area contributed by atoms with Crippen LogP contribution in [0.15, 0.2) is 37.1 Å². The maximum atomic E-state index is 13.2. The number of carbonyl (C=O) groups excluding carboxylic acids is 1. The molecule has 11 heteroatoms. The third-order valence-corrected chi connectivity index (χ3v) is 4.32. The van der Waals surface area contributed by atoms with Crippen molar-refractivity contribution < 1.29 is 18.0 Å². The van der Waals surface area contributed by atoms with Crippen molar-refractivity contribution in [1.82, 2.24) is 29.9 Å². The molecule has 0 aromatic carbocycles. The van der Waals surface area contributed by atoms with Gasteiger partial charge in [-0.1, -0.05) is 0 Å². The number of nitrogens with zero attached hydrogens (tertiary/aromatic N) is 6. The normalized spacial score (nSPS) is 14.8. The Hall–Kier alpha value is -3.63. The second-order valence-electron chi connectivity index (χ2n) is 6.52. The zero-order valence-corrected chi connectivity index (χ0v) is 14.8. The molecule has 8 nitrogen and oxygen atoms in total. The molecule has 0 atom stereocenters. The first-order chi connectivity index (χ1) is 13.8. The van der Waals surface area contributed by atoms with E-state index in [1.165, 1.54) is 31.1 Å². The molecule has 1 fully saturated rings. The van der Waals surface area contributed by atoms with E-state index >= 15 is 0 Å². The molecule has 0 saturated heterocycles. The van der Waals surface area contributed by atoms with E-state index in [0.29, 0.717) is 11.3 Å². The fraction of sp³-hybridized carbons (Fsp3) is 0.222. The molecule has 1 aliphatic carbocycles. The summed E-state index contributed by atoms with van der Waals surface area (Å²) in [5.41, 5.74) is 5.69. The first kappa shape index (κ1) is 18.7. The highest BCUT2D eigenvalue weighted by Crippen LogP contribution is 2.41. The lowest BCUT2D eigenvalue weighted by atomic mass is 10.1. The molecule has 1 saturated carbocycles. The van der Waals surface area contributed by atoms with Crippen molar-refractivity contribution in [1.29, 1.82) is 0 Å². The van der Waals surface area contributed by atoms with Crippen molar-refractivity contribution in [2.24, 2.45) is 5.73 Å². The predicted octanol–water partition coefficient (Wildman–Crippen LogP) is 2.51. The summed E-state index contributed by atoms with van der Waals surface area (Å²) in [7, 11) is 0. The van der Waals surface area contributed by atoms with Crippen molar-refractivity contribution in [2.75, 3.05) is 0 Å². The van der Waals surface area contributed by atoms with E-state index in [-0.39, 0.29) is 22.7 Å². The van der Waals surface area contributed by atoms with Crippen LogP contribution in [0, 0.1) is 0 Å². The van der Waals surface area contributed by atoms with Gasteiger partial charge in [0.15, 0.2) is 0 Å². The SMILES string of the molecule is NC(=O)/C(=C/n1ncc(-c2cc(C3CC3)nc(C(F)(F)F)c2)n1)c1cncnc1. The second-order valence-corrected chi connectivity index (χ2v) is 6.52. The molecule has 1 amide bonds. The lowest BCUT2D eigenvalue weighted by Crippen LogP contribution is -2.14. The molecule has 4 rings (SSSR count). The van der Waals surface area contributed by atoms with Gasteiger partial charge in [-0.3, -0.25) is 4.79 Å². The standard InChI is InChI=1S/C18H14F3N7O/c19-18(20,21)16-4-11(3-14(26-16)10-1-2-10)15-7-25-28(27-15)8-13(17(22)29)12-5-23-9-24-6-12/h3-10H,1-2H2,(H2,22,29)/b13-8+. The lowest BCUT2D eigenvalue weighted by Gasteiger charge is -2.09. The van der Waals surface area contributed by atoms with E-state index in [4.69, 9.17) is 5.73 Å². The van der Waals surface area contributed by atoms with Crippen LogP contribution in [-0.4, -0.2) is 35.9 Å². The fourth-order valence-corrected chi connectivity index (χ4v) is 2.74. The molecule has 3 aromatic heterocycles. The first-order valence-corrected chi connectivity index (χ1v) is 8.59. The van der Waals surface area contributed by atoms with Crippen LogP contribution in [-0.2, 0) is 11.0 Å². The molecule has 0 unspecified atom stereocenters. The number of aromatic nitrogens is 6. The van der Waals surface area contributed by atoms with Crippen LogP contribution in [0.5, 0.6) is 0 Å². The molecule has 29 heavy (non-hydrogen) atoms. The van der Waals surface area contributed by atoms with Crippen LogP contribution in [0.2, 0.25) is 0 Å². The van der Waals surface area contributed by atoms with Gasteiger partial charge in [0, 0.05) is 35.1 Å². The molecule has 148 valence electrons. The van der Waals surface area contributed by atoms with Crippen LogP contribution < -0.4 is 5.73 Å². The Morgan fingerprint density at radius 3 is 2.52 bits per heavy atom. The number of alkyl halides is 3. The number of primary amides is 1. The zero-order chi connectivity index (χ0) is 20.6. The Kier molecular flexibility index (Phi) is 4.57. The number of hydrogen-bond donors (Lipinski definition) is 1. The van der Waals surface area contributed by atoms with Crippen molar-refractivity contribution in [3.8, 4) is 11.3 Å². The molecule has 0 bridgehead atoms. The fourth-order valence-electron chi connectivity index (χ4n) is 2.74. The highest BCUT2D eigenvalue weighted by molar-refractivity contribution is 6.22. The van der Waals surface area contributed by atoms with Gasteiger partial charge >= 0.3 is 6.18 Å². The Morgan fingerprint density at radius 2 is 1.90 bits per heavy atom. The second kappa shape index (κ2) is 7.08. The summed E-state index contributed by atoms with van der Waals surface area (Å²) in [6, 6.07) is 2.52. The average Bonchev–Trinajstić information content (AvgIpc) is 3.44. The van der Waals surface area contributed by atoms with E-state index in [9.17, 15) is 18.0 Å². The Bertz CT molecular complexity index is 1090. The highest BCUT2D eigenvalue weighted by atomic mass is 19.4. The summed E-state index contributed by atoms with van der Waals surface area (Å²) in [6.07, 6.45) is 3.71. The van der Waals surface area contributed by atoms with Crippen LogP contribution >= 0.6 is 0 Å². The van der Waals surface area contributed by atoms with Gasteiger partial charge in [-0.2, -0.15) is 23.1 Å². The summed E-state index contributed by atoms with van der Waals surface area (Å²) in [5.74, 6) is -0.719. The number of rotatable bonds is 5. The number of amides is 1. The third kappa shape index (κ3) is 4.13. The highest BCUT2D eigenvalue weighted by Gasteiger charge is 2.35. The molecule has 0 aliphatic heterocycles. The molecule has 0 spiro atoms. The predicted molar refractivity (Wildman–Crippen MR) is 95.6 cm³/mol. The number of pyridine rings is 1. The molecule has 2 N–H and O–H groups in total. The van der Waals surface area contributed by atoms with E-state index in [1.807, 2.05) is 0 Å².